The molecule has 27 heavy (non-hydrogen) atoms. The Labute approximate surface area is 164 Å². The number of carbonyl (C=O) groups excluding carboxylic acids is 1. The number of esters is 1. The van der Waals surface area contributed by atoms with Crippen LogP contribution in [0.25, 0.3) is 0 Å². The molecule has 146 valence electrons. The molecule has 0 N–H and O–H groups in total. The van der Waals surface area contributed by atoms with E-state index in [1.54, 1.807) is 31.2 Å². The zero-order valence-electron chi connectivity index (χ0n) is 15.4. The standard InChI is InChI=1S/C19H22ClNO5S/c1-4-25-16-8-10-17(11-9-16)27(23,24)21(13-19(22)26-5-2)15-7-6-14(3)18(20)12-15/h6-12H,4-5,13H2,1-3H3. The van der Waals surface area contributed by atoms with Gasteiger partial charge in [-0.2, -0.15) is 0 Å². The summed E-state index contributed by atoms with van der Waals surface area (Å²) >= 11 is 6.15. The maximum absolute atomic E-state index is 13.2. The average Bonchev–Trinajstić information content (AvgIpc) is 2.63. The van der Waals surface area contributed by atoms with Gasteiger partial charge in [-0.05, 0) is 62.7 Å². The van der Waals surface area contributed by atoms with Gasteiger partial charge in [-0.1, -0.05) is 17.7 Å². The Bertz CT molecular complexity index is 897. The van der Waals surface area contributed by atoms with Crippen LogP contribution in [0.1, 0.15) is 19.4 Å². The van der Waals surface area contributed by atoms with Crippen molar-refractivity contribution in [1.29, 1.82) is 0 Å². The molecule has 0 aliphatic carbocycles. The molecule has 6 nitrogen and oxygen atoms in total. The number of hydrogen-bond donors (Lipinski definition) is 0. The van der Waals surface area contributed by atoms with E-state index in [0.717, 1.165) is 9.87 Å². The molecular weight excluding hydrogens is 390 g/mol. The number of hydrogen-bond acceptors (Lipinski definition) is 5. The van der Waals surface area contributed by atoms with Crippen LogP contribution in [-0.4, -0.2) is 34.1 Å². The first-order chi connectivity index (χ1) is 12.8. The lowest BCUT2D eigenvalue weighted by Crippen LogP contribution is -2.36. The highest BCUT2D eigenvalue weighted by atomic mass is 35.5. The normalized spacial score (nSPS) is 11.1. The van der Waals surface area contributed by atoms with Crippen molar-refractivity contribution in [2.24, 2.45) is 0 Å². The Morgan fingerprint density at radius 1 is 1.07 bits per heavy atom. The van der Waals surface area contributed by atoms with E-state index in [9.17, 15) is 13.2 Å². The molecule has 0 heterocycles. The third-order valence-corrected chi connectivity index (χ3v) is 5.94. The van der Waals surface area contributed by atoms with Crippen molar-refractivity contribution in [3.8, 4) is 5.75 Å². The number of rotatable bonds is 8. The number of ether oxygens (including phenoxy) is 2. The molecule has 0 amide bonds. The van der Waals surface area contributed by atoms with Crippen molar-refractivity contribution in [3.05, 3.63) is 53.1 Å². The Balaban J connectivity index is 2.46. The molecule has 0 aromatic heterocycles. The summed E-state index contributed by atoms with van der Waals surface area (Å²) in [5.41, 5.74) is 1.09. The lowest BCUT2D eigenvalue weighted by Gasteiger charge is -2.24. The van der Waals surface area contributed by atoms with Crippen molar-refractivity contribution in [1.82, 2.24) is 0 Å². The van der Waals surface area contributed by atoms with Gasteiger partial charge in [0, 0.05) is 5.02 Å². The summed E-state index contributed by atoms with van der Waals surface area (Å²) in [6, 6.07) is 10.8. The van der Waals surface area contributed by atoms with Gasteiger partial charge in [0.2, 0.25) is 0 Å². The van der Waals surface area contributed by atoms with E-state index in [1.165, 1.54) is 18.2 Å². The molecule has 0 radical (unpaired) electrons. The van der Waals surface area contributed by atoms with Crippen LogP contribution in [0.3, 0.4) is 0 Å². The van der Waals surface area contributed by atoms with Crippen molar-refractivity contribution in [2.75, 3.05) is 24.1 Å². The van der Waals surface area contributed by atoms with Gasteiger partial charge < -0.3 is 9.47 Å². The molecule has 0 aliphatic rings. The smallest absolute Gasteiger partial charge is 0.326 e. The molecular formula is C19H22ClNO5S. The van der Waals surface area contributed by atoms with Gasteiger partial charge in [0.1, 0.15) is 12.3 Å². The minimum absolute atomic E-state index is 0.0342. The topological polar surface area (TPSA) is 72.9 Å². The molecule has 2 rings (SSSR count). The summed E-state index contributed by atoms with van der Waals surface area (Å²) in [4.78, 5) is 12.0. The molecule has 0 atom stereocenters. The Kier molecular flexibility index (Phi) is 7.10. The van der Waals surface area contributed by atoms with Crippen LogP contribution in [0, 0.1) is 6.92 Å². The maximum atomic E-state index is 13.2. The Morgan fingerprint density at radius 2 is 1.74 bits per heavy atom. The fourth-order valence-electron chi connectivity index (χ4n) is 2.38. The third kappa shape index (κ3) is 5.14. The number of anilines is 1. The van der Waals surface area contributed by atoms with E-state index in [2.05, 4.69) is 0 Å². The Hall–Kier alpha value is -2.25. The monoisotopic (exact) mass is 411 g/mol. The highest BCUT2D eigenvalue weighted by Crippen LogP contribution is 2.28. The van der Waals surface area contributed by atoms with Gasteiger partial charge in [0.15, 0.2) is 0 Å². The van der Waals surface area contributed by atoms with Crippen molar-refractivity contribution >= 4 is 33.3 Å². The van der Waals surface area contributed by atoms with Crippen LogP contribution in [0.5, 0.6) is 5.75 Å². The molecule has 2 aromatic rings. The van der Waals surface area contributed by atoms with Crippen molar-refractivity contribution < 1.29 is 22.7 Å². The van der Waals surface area contributed by atoms with E-state index in [-0.39, 0.29) is 17.2 Å². The first-order valence-corrected chi connectivity index (χ1v) is 10.3. The summed E-state index contributed by atoms with van der Waals surface area (Å²) in [7, 11) is -4.01. The lowest BCUT2D eigenvalue weighted by molar-refractivity contribution is -0.141. The second-order valence-electron chi connectivity index (χ2n) is 5.65. The van der Waals surface area contributed by atoms with E-state index in [1.807, 2.05) is 13.8 Å². The van der Waals surface area contributed by atoms with Crippen LogP contribution in [0.2, 0.25) is 5.02 Å². The van der Waals surface area contributed by atoms with Crippen LogP contribution >= 0.6 is 11.6 Å². The zero-order chi connectivity index (χ0) is 20.0. The van der Waals surface area contributed by atoms with E-state index in [4.69, 9.17) is 21.1 Å². The predicted octanol–water partition coefficient (Wildman–Crippen LogP) is 3.81. The molecule has 0 aliphatic heterocycles. The quantitative estimate of drug-likeness (QED) is 0.617. The molecule has 0 bridgehead atoms. The molecule has 2 aromatic carbocycles. The number of halogens is 1. The molecule has 0 saturated carbocycles. The average molecular weight is 412 g/mol. The van der Waals surface area contributed by atoms with Gasteiger partial charge >= 0.3 is 5.97 Å². The van der Waals surface area contributed by atoms with Crippen molar-refractivity contribution in [2.45, 2.75) is 25.7 Å². The second kappa shape index (κ2) is 9.10. The van der Waals surface area contributed by atoms with Crippen molar-refractivity contribution in [3.63, 3.8) is 0 Å². The number of carbonyl (C=O) groups is 1. The summed E-state index contributed by atoms with van der Waals surface area (Å²) < 4.78 is 37.6. The summed E-state index contributed by atoms with van der Waals surface area (Å²) in [6.07, 6.45) is 0. The number of nitrogens with zero attached hydrogens (tertiary/aromatic N) is 1. The fourth-order valence-corrected chi connectivity index (χ4v) is 3.95. The summed E-state index contributed by atoms with van der Waals surface area (Å²) in [5, 5.41) is 0.406. The minimum atomic E-state index is -4.01. The highest BCUT2D eigenvalue weighted by molar-refractivity contribution is 7.92. The minimum Gasteiger partial charge on any atom is -0.494 e. The van der Waals surface area contributed by atoms with E-state index >= 15 is 0 Å². The number of benzene rings is 2. The van der Waals surface area contributed by atoms with E-state index < -0.39 is 22.5 Å². The molecule has 0 saturated heterocycles. The predicted molar refractivity (Wildman–Crippen MR) is 105 cm³/mol. The summed E-state index contributed by atoms with van der Waals surface area (Å²) in [6.45, 7) is 5.48. The number of aryl methyl sites for hydroxylation is 1. The van der Waals surface area contributed by atoms with Gasteiger partial charge in [-0.15, -0.1) is 0 Å². The largest absolute Gasteiger partial charge is 0.494 e. The first kappa shape index (κ1) is 21.1. The lowest BCUT2D eigenvalue weighted by atomic mass is 10.2. The Morgan fingerprint density at radius 3 is 2.30 bits per heavy atom. The zero-order valence-corrected chi connectivity index (χ0v) is 17.0. The fraction of sp³-hybridized carbons (Fsp3) is 0.316. The molecule has 0 spiro atoms. The number of sulfonamides is 1. The van der Waals surface area contributed by atoms with Crippen LogP contribution in [-0.2, 0) is 19.6 Å². The second-order valence-corrected chi connectivity index (χ2v) is 7.92. The van der Waals surface area contributed by atoms with E-state index in [0.29, 0.717) is 17.4 Å². The van der Waals surface area contributed by atoms with Gasteiger partial charge in [0.05, 0.1) is 23.8 Å². The maximum Gasteiger partial charge on any atom is 0.326 e. The molecule has 8 heteroatoms. The van der Waals surface area contributed by atoms with Crippen LogP contribution < -0.4 is 9.04 Å². The summed E-state index contributed by atoms with van der Waals surface area (Å²) in [5.74, 6) is -0.0875. The SMILES string of the molecule is CCOC(=O)CN(c1ccc(C)c(Cl)c1)S(=O)(=O)c1ccc(OCC)cc1. The van der Waals surface area contributed by atoms with Crippen LogP contribution in [0.4, 0.5) is 5.69 Å². The molecule has 0 fully saturated rings. The third-order valence-electron chi connectivity index (χ3n) is 3.74. The molecule has 0 unspecified atom stereocenters. The van der Waals surface area contributed by atoms with Gasteiger partial charge in [-0.25, -0.2) is 8.42 Å². The van der Waals surface area contributed by atoms with Gasteiger partial charge in [-0.3, -0.25) is 9.10 Å². The highest BCUT2D eigenvalue weighted by Gasteiger charge is 2.28. The van der Waals surface area contributed by atoms with Crippen LogP contribution in [0.15, 0.2) is 47.4 Å². The van der Waals surface area contributed by atoms with Gasteiger partial charge in [0.25, 0.3) is 10.0 Å². The first-order valence-electron chi connectivity index (χ1n) is 8.47.